The van der Waals surface area contributed by atoms with Crippen molar-refractivity contribution in [2.24, 2.45) is 0 Å². The lowest BCUT2D eigenvalue weighted by atomic mass is 10.2. The van der Waals surface area contributed by atoms with Crippen molar-refractivity contribution in [1.29, 1.82) is 0 Å². The highest BCUT2D eigenvalue weighted by atomic mass is 15.1. The SMILES string of the molecule is C=CCNc1cccc2nnccc12. The Kier molecular flexibility index (Phi) is 2.40. The Bertz CT molecular complexity index is 446. The molecule has 14 heavy (non-hydrogen) atoms. The summed E-state index contributed by atoms with van der Waals surface area (Å²) in [7, 11) is 0. The molecule has 0 amide bonds. The molecule has 0 saturated carbocycles. The summed E-state index contributed by atoms with van der Waals surface area (Å²) < 4.78 is 0. The van der Waals surface area contributed by atoms with E-state index < -0.39 is 0 Å². The van der Waals surface area contributed by atoms with Gasteiger partial charge in [0, 0.05) is 17.6 Å². The molecule has 1 heterocycles. The monoisotopic (exact) mass is 185 g/mol. The Morgan fingerprint density at radius 1 is 1.36 bits per heavy atom. The second-order valence-corrected chi connectivity index (χ2v) is 2.94. The Balaban J connectivity index is 2.48. The van der Waals surface area contributed by atoms with Crippen molar-refractivity contribution in [3.8, 4) is 0 Å². The summed E-state index contributed by atoms with van der Waals surface area (Å²) in [6, 6.07) is 7.88. The van der Waals surface area contributed by atoms with Gasteiger partial charge < -0.3 is 5.32 Å². The quantitative estimate of drug-likeness (QED) is 0.745. The number of rotatable bonds is 3. The standard InChI is InChI=1S/C11H11N3/c1-2-7-12-10-4-3-5-11-9(10)6-8-13-14-11/h2-6,8,12H,1,7H2. The number of nitrogens with zero attached hydrogens (tertiary/aromatic N) is 2. The molecule has 1 N–H and O–H groups in total. The van der Waals surface area contributed by atoms with Crippen LogP contribution in [-0.4, -0.2) is 16.7 Å². The van der Waals surface area contributed by atoms with Crippen molar-refractivity contribution in [3.05, 3.63) is 43.1 Å². The molecule has 2 rings (SSSR count). The van der Waals surface area contributed by atoms with E-state index in [1.54, 1.807) is 6.20 Å². The minimum absolute atomic E-state index is 0.751. The van der Waals surface area contributed by atoms with E-state index >= 15 is 0 Å². The summed E-state index contributed by atoms with van der Waals surface area (Å²) in [5, 5.41) is 12.2. The van der Waals surface area contributed by atoms with E-state index in [-0.39, 0.29) is 0 Å². The smallest absolute Gasteiger partial charge is 0.0950 e. The third kappa shape index (κ3) is 1.57. The average molecular weight is 185 g/mol. The highest BCUT2D eigenvalue weighted by Crippen LogP contribution is 2.20. The maximum atomic E-state index is 4.03. The van der Waals surface area contributed by atoms with Crippen LogP contribution in [0.1, 0.15) is 0 Å². The third-order valence-electron chi connectivity index (χ3n) is 1.99. The van der Waals surface area contributed by atoms with E-state index in [1.165, 1.54) is 0 Å². The molecule has 1 aromatic carbocycles. The van der Waals surface area contributed by atoms with Gasteiger partial charge in [0.1, 0.15) is 0 Å². The van der Waals surface area contributed by atoms with Gasteiger partial charge in [0.2, 0.25) is 0 Å². The van der Waals surface area contributed by atoms with E-state index in [4.69, 9.17) is 0 Å². The predicted molar refractivity (Wildman–Crippen MR) is 58.2 cm³/mol. The number of nitrogens with one attached hydrogen (secondary N) is 1. The van der Waals surface area contributed by atoms with Gasteiger partial charge in [0.15, 0.2) is 0 Å². The van der Waals surface area contributed by atoms with Crippen LogP contribution in [-0.2, 0) is 0 Å². The fraction of sp³-hybridized carbons (Fsp3) is 0.0909. The first kappa shape index (κ1) is 8.69. The summed E-state index contributed by atoms with van der Waals surface area (Å²) in [4.78, 5) is 0. The minimum atomic E-state index is 0.751. The molecule has 0 aliphatic rings. The van der Waals surface area contributed by atoms with Gasteiger partial charge in [-0.25, -0.2) is 0 Å². The van der Waals surface area contributed by atoms with Gasteiger partial charge in [-0.3, -0.25) is 0 Å². The van der Waals surface area contributed by atoms with Gasteiger partial charge in [0.25, 0.3) is 0 Å². The fourth-order valence-corrected chi connectivity index (χ4v) is 1.36. The normalized spacial score (nSPS) is 10.0. The van der Waals surface area contributed by atoms with E-state index in [0.29, 0.717) is 0 Å². The van der Waals surface area contributed by atoms with Crippen LogP contribution in [0.3, 0.4) is 0 Å². The molecule has 0 spiro atoms. The summed E-state index contributed by atoms with van der Waals surface area (Å²) in [5.74, 6) is 0. The lowest BCUT2D eigenvalue weighted by molar-refractivity contribution is 1.08. The van der Waals surface area contributed by atoms with Gasteiger partial charge in [-0.2, -0.15) is 10.2 Å². The van der Waals surface area contributed by atoms with Crippen LogP contribution in [0.4, 0.5) is 5.69 Å². The number of aromatic nitrogens is 2. The minimum Gasteiger partial charge on any atom is -0.381 e. The van der Waals surface area contributed by atoms with E-state index in [2.05, 4.69) is 22.1 Å². The number of anilines is 1. The van der Waals surface area contributed by atoms with Crippen molar-refractivity contribution < 1.29 is 0 Å². The first-order valence-electron chi connectivity index (χ1n) is 4.47. The molecule has 3 nitrogen and oxygen atoms in total. The molecule has 3 heteroatoms. The largest absolute Gasteiger partial charge is 0.381 e. The zero-order valence-electron chi connectivity index (χ0n) is 7.77. The molecule has 0 bridgehead atoms. The van der Waals surface area contributed by atoms with Crippen molar-refractivity contribution in [2.75, 3.05) is 11.9 Å². The highest BCUT2D eigenvalue weighted by Gasteiger charge is 1.98. The molecule has 0 radical (unpaired) electrons. The summed E-state index contributed by atoms with van der Waals surface area (Å²) in [5.41, 5.74) is 1.97. The van der Waals surface area contributed by atoms with E-state index in [9.17, 15) is 0 Å². The highest BCUT2D eigenvalue weighted by molar-refractivity contribution is 5.90. The molecule has 0 unspecified atom stereocenters. The van der Waals surface area contributed by atoms with Crippen molar-refractivity contribution in [1.82, 2.24) is 10.2 Å². The summed E-state index contributed by atoms with van der Waals surface area (Å²) in [6.07, 6.45) is 3.52. The molecular weight excluding hydrogens is 174 g/mol. The zero-order chi connectivity index (χ0) is 9.80. The van der Waals surface area contributed by atoms with Crippen LogP contribution in [0, 0.1) is 0 Å². The van der Waals surface area contributed by atoms with Crippen molar-refractivity contribution in [3.63, 3.8) is 0 Å². The lowest BCUT2D eigenvalue weighted by Crippen LogP contribution is -1.98. The molecule has 70 valence electrons. The lowest BCUT2D eigenvalue weighted by Gasteiger charge is -2.05. The molecule has 0 fully saturated rings. The maximum absolute atomic E-state index is 4.03. The molecule has 1 aromatic heterocycles. The van der Waals surface area contributed by atoms with E-state index in [1.807, 2.05) is 30.3 Å². The first-order chi connectivity index (χ1) is 6.92. The van der Waals surface area contributed by atoms with Crippen LogP contribution in [0.5, 0.6) is 0 Å². The van der Waals surface area contributed by atoms with Crippen LogP contribution < -0.4 is 5.32 Å². The van der Waals surface area contributed by atoms with Gasteiger partial charge >= 0.3 is 0 Å². The average Bonchev–Trinajstić information content (AvgIpc) is 2.26. The maximum Gasteiger partial charge on any atom is 0.0950 e. The second kappa shape index (κ2) is 3.87. The van der Waals surface area contributed by atoms with E-state index in [0.717, 1.165) is 23.1 Å². The third-order valence-corrected chi connectivity index (χ3v) is 1.99. The summed E-state index contributed by atoms with van der Waals surface area (Å²) in [6.45, 7) is 4.42. The Morgan fingerprint density at radius 2 is 2.29 bits per heavy atom. The van der Waals surface area contributed by atoms with Crippen molar-refractivity contribution in [2.45, 2.75) is 0 Å². The fourth-order valence-electron chi connectivity index (χ4n) is 1.36. The van der Waals surface area contributed by atoms with Crippen LogP contribution in [0.15, 0.2) is 43.1 Å². The second-order valence-electron chi connectivity index (χ2n) is 2.94. The molecule has 0 saturated heterocycles. The van der Waals surface area contributed by atoms with Gasteiger partial charge in [-0.05, 0) is 18.2 Å². The molecule has 0 aliphatic carbocycles. The van der Waals surface area contributed by atoms with Crippen LogP contribution >= 0.6 is 0 Å². The summed E-state index contributed by atoms with van der Waals surface area (Å²) >= 11 is 0. The van der Waals surface area contributed by atoms with Gasteiger partial charge in [0.05, 0.1) is 11.7 Å². The molecule has 0 aliphatic heterocycles. The predicted octanol–water partition coefficient (Wildman–Crippen LogP) is 2.23. The Hall–Kier alpha value is -1.90. The van der Waals surface area contributed by atoms with Gasteiger partial charge in [-0.15, -0.1) is 6.58 Å². The number of fused-ring (bicyclic) bond motifs is 1. The van der Waals surface area contributed by atoms with Gasteiger partial charge in [-0.1, -0.05) is 12.1 Å². The van der Waals surface area contributed by atoms with Crippen LogP contribution in [0.25, 0.3) is 10.9 Å². The number of benzene rings is 1. The van der Waals surface area contributed by atoms with Crippen LogP contribution in [0.2, 0.25) is 0 Å². The Morgan fingerprint density at radius 3 is 3.14 bits per heavy atom. The topological polar surface area (TPSA) is 37.8 Å². The number of hydrogen-bond acceptors (Lipinski definition) is 3. The first-order valence-corrected chi connectivity index (χ1v) is 4.47. The van der Waals surface area contributed by atoms with Crippen molar-refractivity contribution >= 4 is 16.6 Å². The Labute approximate surface area is 82.5 Å². The molecule has 0 atom stereocenters. The zero-order valence-corrected chi connectivity index (χ0v) is 7.77. The number of hydrogen-bond donors (Lipinski definition) is 1. The molecular formula is C11H11N3. The molecule has 2 aromatic rings.